The van der Waals surface area contributed by atoms with Crippen LogP contribution < -0.4 is 5.32 Å². The highest BCUT2D eigenvalue weighted by atomic mass is 16.2. The molecule has 2 saturated heterocycles. The lowest BCUT2D eigenvalue weighted by Gasteiger charge is -2.37. The maximum absolute atomic E-state index is 12.2. The van der Waals surface area contributed by atoms with Crippen LogP contribution in [-0.4, -0.2) is 63.9 Å². The number of carbonyl (C=O) groups excluding carboxylic acids is 1. The number of rotatable bonds is 5. The minimum absolute atomic E-state index is 0.100. The predicted molar refractivity (Wildman–Crippen MR) is 104 cm³/mol. The SMILES string of the molecule is CC(C)C(=O)N1CCC(N2C[C@H](Nc3ncccn3)[C@@H](C(C)C)C2)CC1. The average Bonchev–Trinajstić information content (AvgIpc) is 3.06. The van der Waals surface area contributed by atoms with E-state index in [4.69, 9.17) is 0 Å². The van der Waals surface area contributed by atoms with Gasteiger partial charge < -0.3 is 10.2 Å². The van der Waals surface area contributed by atoms with E-state index in [0.29, 0.717) is 29.8 Å². The Hall–Kier alpha value is -1.69. The molecule has 1 N–H and O–H groups in total. The van der Waals surface area contributed by atoms with E-state index in [1.165, 1.54) is 0 Å². The van der Waals surface area contributed by atoms with E-state index in [1.807, 2.05) is 24.8 Å². The summed E-state index contributed by atoms with van der Waals surface area (Å²) in [5.41, 5.74) is 0. The summed E-state index contributed by atoms with van der Waals surface area (Å²) in [4.78, 5) is 25.6. The van der Waals surface area contributed by atoms with Gasteiger partial charge in [0.1, 0.15) is 0 Å². The van der Waals surface area contributed by atoms with Crippen LogP contribution in [-0.2, 0) is 4.79 Å². The van der Waals surface area contributed by atoms with Crippen LogP contribution in [0, 0.1) is 17.8 Å². The molecular weight excluding hydrogens is 326 g/mol. The minimum Gasteiger partial charge on any atom is -0.350 e. The van der Waals surface area contributed by atoms with E-state index in [2.05, 4.69) is 34.0 Å². The lowest BCUT2D eigenvalue weighted by Crippen LogP contribution is -2.47. The topological polar surface area (TPSA) is 61.4 Å². The maximum Gasteiger partial charge on any atom is 0.225 e. The van der Waals surface area contributed by atoms with Gasteiger partial charge >= 0.3 is 0 Å². The molecule has 1 aromatic rings. The van der Waals surface area contributed by atoms with Gasteiger partial charge in [-0.2, -0.15) is 0 Å². The third-order valence-electron chi connectivity index (χ3n) is 5.92. The van der Waals surface area contributed by atoms with Gasteiger partial charge in [-0.3, -0.25) is 9.69 Å². The fourth-order valence-corrected chi connectivity index (χ4v) is 4.34. The number of piperidine rings is 1. The summed E-state index contributed by atoms with van der Waals surface area (Å²) in [6.45, 7) is 12.5. The largest absolute Gasteiger partial charge is 0.350 e. The van der Waals surface area contributed by atoms with Crippen LogP contribution in [0.4, 0.5) is 5.95 Å². The molecule has 0 radical (unpaired) electrons. The predicted octanol–water partition coefficient (Wildman–Crippen LogP) is 2.49. The first-order chi connectivity index (χ1) is 12.5. The van der Waals surface area contributed by atoms with Crippen molar-refractivity contribution < 1.29 is 4.79 Å². The molecule has 0 bridgehead atoms. The Morgan fingerprint density at radius 3 is 2.35 bits per heavy atom. The second-order valence-corrected chi connectivity index (χ2v) is 8.40. The molecule has 1 aromatic heterocycles. The van der Waals surface area contributed by atoms with Crippen LogP contribution in [0.5, 0.6) is 0 Å². The van der Waals surface area contributed by atoms with E-state index in [1.54, 1.807) is 12.4 Å². The molecule has 6 heteroatoms. The molecule has 144 valence electrons. The first kappa shape index (κ1) is 19.1. The molecule has 0 spiro atoms. The number of hydrogen-bond donors (Lipinski definition) is 1. The number of nitrogens with zero attached hydrogens (tertiary/aromatic N) is 4. The molecule has 26 heavy (non-hydrogen) atoms. The van der Waals surface area contributed by atoms with Crippen LogP contribution in [0.1, 0.15) is 40.5 Å². The zero-order chi connectivity index (χ0) is 18.7. The van der Waals surface area contributed by atoms with E-state index in [-0.39, 0.29) is 5.92 Å². The van der Waals surface area contributed by atoms with Crippen LogP contribution in [0.25, 0.3) is 0 Å². The molecule has 3 rings (SSSR count). The van der Waals surface area contributed by atoms with Gasteiger partial charge in [0.05, 0.1) is 0 Å². The Bertz CT molecular complexity index is 583. The molecule has 2 aliphatic rings. The van der Waals surface area contributed by atoms with Gasteiger partial charge in [-0.05, 0) is 30.7 Å². The Morgan fingerprint density at radius 2 is 1.77 bits per heavy atom. The number of carbonyl (C=O) groups is 1. The van der Waals surface area contributed by atoms with E-state index in [9.17, 15) is 4.79 Å². The van der Waals surface area contributed by atoms with Crippen molar-refractivity contribution in [2.24, 2.45) is 17.8 Å². The van der Waals surface area contributed by atoms with Crippen molar-refractivity contribution >= 4 is 11.9 Å². The lowest BCUT2D eigenvalue weighted by atomic mass is 9.91. The number of amides is 1. The first-order valence-electron chi connectivity index (χ1n) is 10.0. The van der Waals surface area contributed by atoms with Crippen LogP contribution >= 0.6 is 0 Å². The molecule has 0 aliphatic carbocycles. The highest BCUT2D eigenvalue weighted by molar-refractivity contribution is 5.78. The lowest BCUT2D eigenvalue weighted by molar-refractivity contribution is -0.136. The van der Waals surface area contributed by atoms with Crippen molar-refractivity contribution in [3.8, 4) is 0 Å². The molecule has 1 amide bonds. The number of nitrogens with one attached hydrogen (secondary N) is 1. The summed E-state index contributed by atoms with van der Waals surface area (Å²) in [6.07, 6.45) is 5.73. The van der Waals surface area contributed by atoms with Gasteiger partial charge in [-0.1, -0.05) is 27.7 Å². The van der Waals surface area contributed by atoms with Gasteiger partial charge in [0.25, 0.3) is 0 Å². The first-order valence-corrected chi connectivity index (χ1v) is 10.0. The fourth-order valence-electron chi connectivity index (χ4n) is 4.34. The van der Waals surface area contributed by atoms with Crippen molar-refractivity contribution in [2.45, 2.75) is 52.6 Å². The van der Waals surface area contributed by atoms with E-state index >= 15 is 0 Å². The minimum atomic E-state index is 0.100. The molecule has 0 unspecified atom stereocenters. The molecule has 0 aromatic carbocycles. The molecule has 6 nitrogen and oxygen atoms in total. The van der Waals surface area contributed by atoms with Crippen molar-refractivity contribution in [1.29, 1.82) is 0 Å². The smallest absolute Gasteiger partial charge is 0.225 e. The highest BCUT2D eigenvalue weighted by Gasteiger charge is 2.39. The van der Waals surface area contributed by atoms with Crippen LogP contribution in [0.2, 0.25) is 0 Å². The quantitative estimate of drug-likeness (QED) is 0.875. The summed E-state index contributed by atoms with van der Waals surface area (Å²) in [5.74, 6) is 2.33. The molecule has 3 heterocycles. The van der Waals surface area contributed by atoms with Crippen molar-refractivity contribution in [1.82, 2.24) is 19.8 Å². The van der Waals surface area contributed by atoms with Crippen LogP contribution in [0.15, 0.2) is 18.5 Å². The molecule has 2 fully saturated rings. The Kier molecular flexibility index (Phi) is 6.12. The molecule has 0 saturated carbocycles. The Balaban J connectivity index is 1.59. The standard InChI is InChI=1S/C20H33N5O/c1-14(2)17-12-25(13-18(17)23-20-21-8-5-9-22-20)16-6-10-24(11-7-16)19(26)15(3)4/h5,8-9,14-18H,6-7,10-13H2,1-4H3,(H,21,22,23)/t17-,18+/m1/s1. The fraction of sp³-hybridized carbons (Fsp3) is 0.750. The Morgan fingerprint density at radius 1 is 1.12 bits per heavy atom. The van der Waals surface area contributed by atoms with E-state index < -0.39 is 0 Å². The third kappa shape index (κ3) is 4.34. The highest BCUT2D eigenvalue weighted by Crippen LogP contribution is 2.30. The molecule has 2 aliphatic heterocycles. The molecule has 2 atom stereocenters. The summed E-state index contributed by atoms with van der Waals surface area (Å²) < 4.78 is 0. The van der Waals surface area contributed by atoms with Gasteiger partial charge in [0.2, 0.25) is 11.9 Å². The Labute approximate surface area is 157 Å². The maximum atomic E-state index is 12.2. The second kappa shape index (κ2) is 8.33. The van der Waals surface area contributed by atoms with Gasteiger partial charge in [0, 0.05) is 56.6 Å². The zero-order valence-corrected chi connectivity index (χ0v) is 16.6. The van der Waals surface area contributed by atoms with Crippen LogP contribution in [0.3, 0.4) is 0 Å². The third-order valence-corrected chi connectivity index (χ3v) is 5.92. The normalized spacial score (nSPS) is 25.2. The number of likely N-dealkylation sites (tertiary alicyclic amines) is 2. The van der Waals surface area contributed by atoms with Crippen molar-refractivity contribution in [3.63, 3.8) is 0 Å². The number of hydrogen-bond acceptors (Lipinski definition) is 5. The van der Waals surface area contributed by atoms with Gasteiger partial charge in [0.15, 0.2) is 0 Å². The summed E-state index contributed by atoms with van der Waals surface area (Å²) in [5, 5.41) is 3.55. The summed E-state index contributed by atoms with van der Waals surface area (Å²) in [6, 6.07) is 2.81. The van der Waals surface area contributed by atoms with Gasteiger partial charge in [-0.25, -0.2) is 9.97 Å². The zero-order valence-electron chi connectivity index (χ0n) is 16.6. The summed E-state index contributed by atoms with van der Waals surface area (Å²) >= 11 is 0. The summed E-state index contributed by atoms with van der Waals surface area (Å²) in [7, 11) is 0. The van der Waals surface area contributed by atoms with Crippen molar-refractivity contribution in [3.05, 3.63) is 18.5 Å². The number of aromatic nitrogens is 2. The number of anilines is 1. The monoisotopic (exact) mass is 359 g/mol. The van der Waals surface area contributed by atoms with E-state index in [0.717, 1.165) is 45.0 Å². The average molecular weight is 360 g/mol. The second-order valence-electron chi connectivity index (χ2n) is 8.40. The van der Waals surface area contributed by atoms with Crippen molar-refractivity contribution in [2.75, 3.05) is 31.5 Å². The van der Waals surface area contributed by atoms with Gasteiger partial charge in [-0.15, -0.1) is 0 Å². The molecular formula is C20H33N5O.